The molecule has 5 rings (SSSR count). The molecule has 194 valence electrons. The van der Waals surface area contributed by atoms with Gasteiger partial charge < -0.3 is 20.1 Å². The van der Waals surface area contributed by atoms with E-state index in [9.17, 15) is 4.79 Å². The summed E-state index contributed by atoms with van der Waals surface area (Å²) < 4.78 is 14.8. The van der Waals surface area contributed by atoms with Gasteiger partial charge in [-0.05, 0) is 73.9 Å². The second kappa shape index (κ2) is 11.1. The molecule has 2 heterocycles. The molecule has 3 aromatic carbocycles. The molecule has 0 bridgehead atoms. The zero-order valence-electron chi connectivity index (χ0n) is 21.4. The van der Waals surface area contributed by atoms with Crippen molar-refractivity contribution in [2.24, 2.45) is 0 Å². The molecule has 1 unspecified atom stereocenters. The number of hydrogen-bond acceptors (Lipinski definition) is 6. The number of nitrogens with one attached hydrogen (secondary N) is 2. The van der Waals surface area contributed by atoms with Gasteiger partial charge in [0, 0.05) is 15.9 Å². The highest BCUT2D eigenvalue weighted by atomic mass is 79.9. The van der Waals surface area contributed by atoms with Crippen molar-refractivity contribution in [1.82, 2.24) is 14.8 Å². The first-order chi connectivity index (χ1) is 18.4. The van der Waals surface area contributed by atoms with E-state index in [1.807, 2.05) is 87.5 Å². The number of amides is 1. The van der Waals surface area contributed by atoms with E-state index >= 15 is 0 Å². The Balaban J connectivity index is 1.49. The van der Waals surface area contributed by atoms with Crippen molar-refractivity contribution < 1.29 is 14.3 Å². The maximum atomic E-state index is 13.6. The van der Waals surface area contributed by atoms with Crippen molar-refractivity contribution in [2.45, 2.75) is 33.4 Å². The van der Waals surface area contributed by atoms with Crippen LogP contribution in [0.2, 0.25) is 0 Å². The molecule has 0 aliphatic carbocycles. The standard InChI is InChI=1S/C29H28BrN5O3/c1-4-37-25-15-21(11-12-24(25)38-16-20-8-6-9-22(30)14-20)27-26(19(3)33-29-31-17-32-35(27)29)28(36)34-23-10-5-7-18(2)13-23/h5-15,17,27H,4,16H2,1-3H3,(H,34,36)(H,31,32,33). The first-order valence-electron chi connectivity index (χ1n) is 12.3. The highest BCUT2D eigenvalue weighted by Gasteiger charge is 2.34. The van der Waals surface area contributed by atoms with E-state index in [1.165, 1.54) is 6.33 Å². The number of aromatic nitrogens is 3. The summed E-state index contributed by atoms with van der Waals surface area (Å²) in [7, 11) is 0. The number of rotatable bonds is 8. The van der Waals surface area contributed by atoms with Crippen molar-refractivity contribution >= 4 is 33.5 Å². The van der Waals surface area contributed by atoms with E-state index in [4.69, 9.17) is 9.47 Å². The molecule has 1 amide bonds. The summed E-state index contributed by atoms with van der Waals surface area (Å²) in [6.07, 6.45) is 1.48. The Hall–Kier alpha value is -4.11. The number of halogens is 1. The van der Waals surface area contributed by atoms with Gasteiger partial charge in [0.15, 0.2) is 11.5 Å². The van der Waals surface area contributed by atoms with Crippen LogP contribution < -0.4 is 20.1 Å². The summed E-state index contributed by atoms with van der Waals surface area (Å²) in [4.78, 5) is 18.0. The Bertz CT molecular complexity index is 1510. The average Bonchev–Trinajstić information content (AvgIpc) is 3.35. The molecule has 0 radical (unpaired) electrons. The Morgan fingerprint density at radius 2 is 1.89 bits per heavy atom. The van der Waals surface area contributed by atoms with Crippen LogP contribution in [0, 0.1) is 6.92 Å². The molecule has 9 heteroatoms. The Labute approximate surface area is 229 Å². The second-order valence-corrected chi connectivity index (χ2v) is 9.89. The lowest BCUT2D eigenvalue weighted by atomic mass is 9.94. The molecule has 0 saturated heterocycles. The Morgan fingerprint density at radius 1 is 1.05 bits per heavy atom. The average molecular weight is 574 g/mol. The molecular weight excluding hydrogens is 546 g/mol. The first kappa shape index (κ1) is 25.5. The molecule has 0 saturated carbocycles. The van der Waals surface area contributed by atoms with E-state index in [1.54, 1.807) is 4.68 Å². The van der Waals surface area contributed by atoms with Gasteiger partial charge in [-0.3, -0.25) is 4.79 Å². The van der Waals surface area contributed by atoms with Gasteiger partial charge >= 0.3 is 0 Å². The van der Waals surface area contributed by atoms with Crippen LogP contribution in [0.4, 0.5) is 11.6 Å². The number of hydrogen-bond donors (Lipinski definition) is 2. The molecule has 38 heavy (non-hydrogen) atoms. The summed E-state index contributed by atoms with van der Waals surface area (Å²) in [5.74, 6) is 1.55. The summed E-state index contributed by atoms with van der Waals surface area (Å²) >= 11 is 3.50. The smallest absolute Gasteiger partial charge is 0.255 e. The number of nitrogens with zero attached hydrogens (tertiary/aromatic N) is 3. The van der Waals surface area contributed by atoms with Crippen LogP contribution in [0.25, 0.3) is 0 Å². The van der Waals surface area contributed by atoms with Gasteiger partial charge in [-0.25, -0.2) is 4.68 Å². The number of benzene rings is 3. The molecule has 8 nitrogen and oxygen atoms in total. The van der Waals surface area contributed by atoms with Crippen molar-refractivity contribution in [3.05, 3.63) is 105 Å². The van der Waals surface area contributed by atoms with Crippen molar-refractivity contribution in [2.75, 3.05) is 17.2 Å². The summed E-state index contributed by atoms with van der Waals surface area (Å²) in [5, 5.41) is 10.7. The van der Waals surface area contributed by atoms with Crippen LogP contribution in [-0.2, 0) is 11.4 Å². The molecule has 1 aromatic heterocycles. The first-order valence-corrected chi connectivity index (χ1v) is 13.1. The lowest BCUT2D eigenvalue weighted by Gasteiger charge is -2.29. The van der Waals surface area contributed by atoms with Crippen LogP contribution >= 0.6 is 15.9 Å². The van der Waals surface area contributed by atoms with E-state index in [0.717, 1.165) is 26.9 Å². The maximum absolute atomic E-state index is 13.6. The fourth-order valence-corrected chi connectivity index (χ4v) is 4.93. The van der Waals surface area contributed by atoms with E-state index in [2.05, 4.69) is 36.6 Å². The van der Waals surface area contributed by atoms with Crippen LogP contribution in [0.1, 0.15) is 36.6 Å². The SMILES string of the molecule is CCOc1cc(C2C(C(=O)Nc3cccc(C)c3)=C(C)Nc3ncnn32)ccc1OCc1cccc(Br)c1. The Morgan fingerprint density at radius 3 is 2.68 bits per heavy atom. The monoisotopic (exact) mass is 573 g/mol. The van der Waals surface area contributed by atoms with Gasteiger partial charge in [0.05, 0.1) is 12.2 Å². The van der Waals surface area contributed by atoms with Gasteiger partial charge in [-0.1, -0.05) is 46.3 Å². The number of anilines is 2. The van der Waals surface area contributed by atoms with Gasteiger partial charge in [0.25, 0.3) is 5.91 Å². The predicted molar refractivity (Wildman–Crippen MR) is 150 cm³/mol. The zero-order chi connectivity index (χ0) is 26.6. The van der Waals surface area contributed by atoms with Gasteiger partial charge in [-0.15, -0.1) is 0 Å². The third-order valence-corrected chi connectivity index (χ3v) is 6.67. The number of carbonyl (C=O) groups is 1. The Kier molecular flexibility index (Phi) is 7.46. The molecule has 0 spiro atoms. The molecule has 4 aromatic rings. The number of carbonyl (C=O) groups excluding carboxylic acids is 1. The van der Waals surface area contributed by atoms with Crippen LogP contribution in [0.15, 0.2) is 88.8 Å². The zero-order valence-corrected chi connectivity index (χ0v) is 23.0. The molecule has 2 N–H and O–H groups in total. The normalized spacial score (nSPS) is 14.5. The van der Waals surface area contributed by atoms with Gasteiger partial charge in [0.2, 0.25) is 5.95 Å². The number of allylic oxidation sites excluding steroid dienone is 1. The molecule has 0 fully saturated rings. The van der Waals surface area contributed by atoms with Gasteiger partial charge in [0.1, 0.15) is 19.0 Å². The second-order valence-electron chi connectivity index (χ2n) is 8.98. The lowest BCUT2D eigenvalue weighted by molar-refractivity contribution is -0.113. The quantitative estimate of drug-likeness (QED) is 0.259. The molecule has 1 aliphatic rings. The lowest BCUT2D eigenvalue weighted by Crippen LogP contribution is -2.31. The fourth-order valence-electron chi connectivity index (χ4n) is 4.48. The van der Waals surface area contributed by atoms with Crippen molar-refractivity contribution in [3.8, 4) is 11.5 Å². The minimum absolute atomic E-state index is 0.223. The fraction of sp³-hybridized carbons (Fsp3) is 0.207. The third-order valence-electron chi connectivity index (χ3n) is 6.18. The van der Waals surface area contributed by atoms with Crippen LogP contribution in [-0.4, -0.2) is 27.3 Å². The number of fused-ring (bicyclic) bond motifs is 1. The maximum Gasteiger partial charge on any atom is 0.255 e. The molecule has 1 aliphatic heterocycles. The van der Waals surface area contributed by atoms with Crippen LogP contribution in [0.3, 0.4) is 0 Å². The van der Waals surface area contributed by atoms with Gasteiger partial charge in [-0.2, -0.15) is 10.1 Å². The topological polar surface area (TPSA) is 90.3 Å². The summed E-state index contributed by atoms with van der Waals surface area (Å²) in [6, 6.07) is 20.9. The predicted octanol–water partition coefficient (Wildman–Crippen LogP) is 6.25. The van der Waals surface area contributed by atoms with Crippen molar-refractivity contribution in [1.29, 1.82) is 0 Å². The van der Waals surface area contributed by atoms with E-state index in [-0.39, 0.29) is 5.91 Å². The minimum atomic E-state index is -0.517. The van der Waals surface area contributed by atoms with Crippen LogP contribution in [0.5, 0.6) is 11.5 Å². The summed E-state index contributed by atoms with van der Waals surface area (Å²) in [6.45, 7) is 6.64. The van der Waals surface area contributed by atoms with E-state index < -0.39 is 6.04 Å². The highest BCUT2D eigenvalue weighted by Crippen LogP contribution is 2.39. The summed E-state index contributed by atoms with van der Waals surface area (Å²) in [5.41, 5.74) is 4.88. The molecular formula is C29H28BrN5O3. The third kappa shape index (κ3) is 5.43. The van der Waals surface area contributed by atoms with Crippen molar-refractivity contribution in [3.63, 3.8) is 0 Å². The molecule has 1 atom stereocenters. The largest absolute Gasteiger partial charge is 0.490 e. The minimum Gasteiger partial charge on any atom is -0.490 e. The van der Waals surface area contributed by atoms with E-state index in [0.29, 0.717) is 41.9 Å². The number of ether oxygens (including phenoxy) is 2. The highest BCUT2D eigenvalue weighted by molar-refractivity contribution is 9.10. The number of aryl methyl sites for hydroxylation is 1.